The normalized spacial score (nSPS) is 25.4. The molecule has 2 saturated heterocycles. The molecule has 5 atom stereocenters. The van der Waals surface area contributed by atoms with Crippen LogP contribution in [0.5, 0.6) is 11.5 Å². The Kier molecular flexibility index (Phi) is 12.3. The van der Waals surface area contributed by atoms with Crippen molar-refractivity contribution < 1.29 is 37.1 Å². The van der Waals surface area contributed by atoms with Gasteiger partial charge in [0, 0.05) is 86.3 Å². The topological polar surface area (TPSA) is 193 Å². The van der Waals surface area contributed by atoms with E-state index in [1.165, 1.54) is 4.90 Å². The predicted molar refractivity (Wildman–Crippen MR) is 238 cm³/mol. The number of fused-ring (bicyclic) bond motifs is 3. The Balaban J connectivity index is 1.01. The molecule has 64 heavy (non-hydrogen) atoms. The van der Waals surface area contributed by atoms with Crippen LogP contribution in [0.3, 0.4) is 0 Å². The van der Waals surface area contributed by atoms with E-state index in [2.05, 4.69) is 24.9 Å². The maximum absolute atomic E-state index is 15.1. The molecule has 4 aromatic rings. The maximum Gasteiger partial charge on any atom is 0.259 e. The molecule has 3 aliphatic heterocycles. The monoisotopic (exact) mass is 890 g/mol. The summed E-state index contributed by atoms with van der Waals surface area (Å²) < 4.78 is 40.6. The van der Waals surface area contributed by atoms with Crippen LogP contribution < -0.4 is 24.4 Å². The van der Waals surface area contributed by atoms with Gasteiger partial charge in [0.05, 0.1) is 36.3 Å². The van der Waals surface area contributed by atoms with Gasteiger partial charge in [-0.25, -0.2) is 18.4 Å². The van der Waals surface area contributed by atoms with Gasteiger partial charge in [0.15, 0.2) is 0 Å². The van der Waals surface area contributed by atoms with Gasteiger partial charge in [0.25, 0.3) is 5.91 Å². The summed E-state index contributed by atoms with van der Waals surface area (Å²) in [5, 5.41) is 3.04. The fraction of sp³-hybridized carbons (Fsp3) is 0.468. The van der Waals surface area contributed by atoms with Crippen LogP contribution >= 0.6 is 0 Å². The van der Waals surface area contributed by atoms with Crippen molar-refractivity contribution in [2.24, 2.45) is 11.8 Å². The Hall–Kier alpha value is -6.10. The minimum atomic E-state index is -3.91. The van der Waals surface area contributed by atoms with E-state index in [1.807, 2.05) is 66.7 Å². The SMILES string of the molecule is COc1ccc2c(O[C@@H]3C[C@H]4C(=O)N[C@]5(C(=O)NS(=O)(=O)C6CC6)C[C@H]5C=CCCCCC[C@H](CC(=O)N5CCN(c6cnccn6)CC5)C(=O)N4C3)cc(-c3ccccc3)nc2c1. The number of carbonyl (C=O) groups excluding carboxylic acids is 4. The average molecular weight is 891 g/mol. The number of nitrogens with zero attached hydrogens (tertiary/aromatic N) is 6. The molecule has 0 radical (unpaired) electrons. The number of allylic oxidation sites excluding steroid dienone is 1. The van der Waals surface area contributed by atoms with Crippen molar-refractivity contribution in [2.75, 3.05) is 44.7 Å². The number of benzene rings is 2. The molecule has 0 bridgehead atoms. The highest BCUT2D eigenvalue weighted by Gasteiger charge is 2.62. The van der Waals surface area contributed by atoms with Gasteiger partial charge in [-0.05, 0) is 50.7 Å². The van der Waals surface area contributed by atoms with Gasteiger partial charge in [-0.2, -0.15) is 0 Å². The smallest absolute Gasteiger partial charge is 0.259 e. The molecular formula is C47H54N8O8S. The molecule has 2 aliphatic carbocycles. The number of rotatable bonds is 10. The summed E-state index contributed by atoms with van der Waals surface area (Å²) in [5.74, 6) is -1.09. The summed E-state index contributed by atoms with van der Waals surface area (Å²) in [4.78, 5) is 76.7. The third-order valence-corrected chi connectivity index (χ3v) is 15.0. The number of nitrogens with one attached hydrogen (secondary N) is 2. The molecule has 9 rings (SSSR count). The average Bonchev–Trinajstić information content (AvgIpc) is 4.25. The van der Waals surface area contributed by atoms with Gasteiger partial charge >= 0.3 is 0 Å². The number of carbonyl (C=O) groups is 4. The van der Waals surface area contributed by atoms with E-state index in [0.717, 1.165) is 24.2 Å². The van der Waals surface area contributed by atoms with E-state index in [4.69, 9.17) is 14.5 Å². The quantitative estimate of drug-likeness (QED) is 0.214. The van der Waals surface area contributed by atoms with Crippen molar-refractivity contribution in [3.8, 4) is 22.8 Å². The van der Waals surface area contributed by atoms with Crippen molar-refractivity contribution in [3.63, 3.8) is 0 Å². The summed E-state index contributed by atoms with van der Waals surface area (Å²) >= 11 is 0. The number of anilines is 1. The van der Waals surface area contributed by atoms with Crippen molar-refractivity contribution >= 4 is 50.4 Å². The fourth-order valence-corrected chi connectivity index (χ4v) is 10.7. The Morgan fingerprint density at radius 1 is 0.969 bits per heavy atom. The van der Waals surface area contributed by atoms with Gasteiger partial charge in [0.1, 0.15) is 35.0 Å². The van der Waals surface area contributed by atoms with Crippen molar-refractivity contribution in [3.05, 3.63) is 85.3 Å². The zero-order valence-electron chi connectivity index (χ0n) is 35.9. The zero-order valence-corrected chi connectivity index (χ0v) is 36.8. The first-order valence-corrected chi connectivity index (χ1v) is 23.9. The summed E-state index contributed by atoms with van der Waals surface area (Å²) in [5.41, 5.74) is 0.664. The number of hydrogen-bond acceptors (Lipinski definition) is 12. The largest absolute Gasteiger partial charge is 0.497 e. The number of aromatic nitrogens is 3. The number of piperazine rings is 1. The molecule has 5 heterocycles. The van der Waals surface area contributed by atoms with E-state index in [1.54, 1.807) is 30.6 Å². The van der Waals surface area contributed by atoms with Crippen LogP contribution in [0.2, 0.25) is 0 Å². The molecule has 4 amide bonds. The van der Waals surface area contributed by atoms with Crippen LogP contribution in [0, 0.1) is 11.8 Å². The van der Waals surface area contributed by atoms with E-state index in [9.17, 15) is 22.8 Å². The number of methoxy groups -OCH3 is 1. The standard InChI is InChI=1S/C47H54N8O8S/c1-62-34-14-17-37-39(25-34)50-38(31-10-7-5-8-11-31)27-41(37)63-35-26-40-44(57)51-47(46(59)52-64(60,61)36-15-16-36)28-33(47)13-9-4-2-3-6-12-32(45(58)55(40)30-35)24-43(56)54-22-20-53(21-23-54)42-29-48-18-19-49-42/h5,7-11,13-14,17-19,25,27,29,32-33,35-36,40H,2-4,6,12,15-16,20-24,26,28,30H2,1H3,(H,51,57)(H,52,59)/t32-,33-,35-,40+,47-/m1/s1. The molecule has 4 fully saturated rings. The lowest BCUT2D eigenvalue weighted by molar-refractivity contribution is -0.145. The third kappa shape index (κ3) is 9.26. The Morgan fingerprint density at radius 2 is 1.78 bits per heavy atom. The number of hydrogen-bond donors (Lipinski definition) is 2. The summed E-state index contributed by atoms with van der Waals surface area (Å²) in [6.45, 7) is 2.12. The lowest BCUT2D eigenvalue weighted by Crippen LogP contribution is -2.57. The number of sulfonamides is 1. The lowest BCUT2D eigenvalue weighted by Gasteiger charge is -2.36. The first kappa shape index (κ1) is 43.2. The minimum absolute atomic E-state index is 0.0229. The maximum atomic E-state index is 15.1. The van der Waals surface area contributed by atoms with Crippen LogP contribution in [0.25, 0.3) is 22.2 Å². The first-order valence-electron chi connectivity index (χ1n) is 22.4. The van der Waals surface area contributed by atoms with Gasteiger partial charge in [-0.15, -0.1) is 0 Å². The number of pyridine rings is 1. The molecule has 2 N–H and O–H groups in total. The molecule has 2 saturated carbocycles. The molecule has 0 unspecified atom stereocenters. The van der Waals surface area contributed by atoms with Gasteiger partial charge in [-0.1, -0.05) is 55.3 Å². The Labute approximate surface area is 372 Å². The predicted octanol–water partition coefficient (Wildman–Crippen LogP) is 4.41. The highest BCUT2D eigenvalue weighted by Crippen LogP contribution is 2.46. The molecule has 5 aliphatic rings. The van der Waals surface area contributed by atoms with Crippen LogP contribution in [-0.4, -0.2) is 120 Å². The van der Waals surface area contributed by atoms with Crippen molar-refractivity contribution in [2.45, 2.75) is 87.1 Å². The van der Waals surface area contributed by atoms with Crippen LogP contribution in [0.4, 0.5) is 5.82 Å². The minimum Gasteiger partial charge on any atom is -0.497 e. The fourth-order valence-electron chi connectivity index (χ4n) is 9.30. The summed E-state index contributed by atoms with van der Waals surface area (Å²) in [6, 6.07) is 16.0. The van der Waals surface area contributed by atoms with Crippen LogP contribution in [0.15, 0.2) is 85.3 Å². The molecule has 17 heteroatoms. The second-order valence-electron chi connectivity index (χ2n) is 17.6. The molecule has 2 aromatic carbocycles. The van der Waals surface area contributed by atoms with E-state index >= 15 is 4.79 Å². The second-order valence-corrected chi connectivity index (χ2v) is 19.5. The zero-order chi connectivity index (χ0) is 44.4. The number of amides is 4. The Bertz CT molecular complexity index is 2530. The highest BCUT2D eigenvalue weighted by atomic mass is 32.2. The van der Waals surface area contributed by atoms with Crippen molar-refractivity contribution in [1.82, 2.24) is 34.8 Å². The van der Waals surface area contributed by atoms with Crippen LogP contribution in [-0.2, 0) is 29.2 Å². The first-order chi connectivity index (χ1) is 31.0. The van der Waals surface area contributed by atoms with E-state index in [0.29, 0.717) is 86.4 Å². The second kappa shape index (κ2) is 18.2. The number of ether oxygens (including phenoxy) is 2. The molecular weight excluding hydrogens is 837 g/mol. The van der Waals surface area contributed by atoms with Crippen LogP contribution in [0.1, 0.15) is 64.2 Å². The summed E-state index contributed by atoms with van der Waals surface area (Å²) in [6.07, 6.45) is 12.9. The molecule has 0 spiro atoms. The summed E-state index contributed by atoms with van der Waals surface area (Å²) in [7, 11) is -2.32. The molecule has 2 aromatic heterocycles. The Morgan fingerprint density at radius 3 is 2.53 bits per heavy atom. The van der Waals surface area contributed by atoms with Gasteiger partial charge in [-0.3, -0.25) is 28.9 Å². The highest BCUT2D eigenvalue weighted by molar-refractivity contribution is 7.91. The van der Waals surface area contributed by atoms with Gasteiger partial charge in [0.2, 0.25) is 27.7 Å². The molecule has 336 valence electrons. The third-order valence-electron chi connectivity index (χ3n) is 13.2. The van der Waals surface area contributed by atoms with Crippen molar-refractivity contribution in [1.29, 1.82) is 0 Å². The van der Waals surface area contributed by atoms with Gasteiger partial charge < -0.3 is 29.5 Å². The lowest BCUT2D eigenvalue weighted by atomic mass is 9.94. The van der Waals surface area contributed by atoms with E-state index in [-0.39, 0.29) is 37.6 Å². The van der Waals surface area contributed by atoms with E-state index < -0.39 is 56.6 Å². The molecule has 16 nitrogen and oxygen atoms in total.